The fraction of sp³-hybridized carbons (Fsp3) is 0.457. The predicted molar refractivity (Wildman–Crippen MR) is 179 cm³/mol. The summed E-state index contributed by atoms with van der Waals surface area (Å²) in [5, 5.41) is 3.10. The number of fused-ring (bicyclic) bond motifs is 3. The van der Waals surface area contributed by atoms with E-state index in [1.165, 1.54) is 11.8 Å². The van der Waals surface area contributed by atoms with E-state index in [2.05, 4.69) is 26.3 Å². The van der Waals surface area contributed by atoms with E-state index in [1.807, 2.05) is 50.3 Å². The summed E-state index contributed by atoms with van der Waals surface area (Å²) in [6.45, 7) is 9.00. The highest BCUT2D eigenvalue weighted by Crippen LogP contribution is 2.42. The predicted octanol–water partition coefficient (Wildman–Crippen LogP) is 3.87. The second-order valence-corrected chi connectivity index (χ2v) is 13.6. The normalized spacial score (nSPS) is 20.9. The van der Waals surface area contributed by atoms with Crippen molar-refractivity contribution in [2.75, 3.05) is 48.9 Å². The zero-order valence-electron chi connectivity index (χ0n) is 28.3. The second kappa shape index (κ2) is 13.0. The van der Waals surface area contributed by atoms with Crippen molar-refractivity contribution in [2.24, 2.45) is 5.92 Å². The van der Waals surface area contributed by atoms with Gasteiger partial charge in [-0.3, -0.25) is 19.3 Å². The number of aromatic nitrogens is 3. The van der Waals surface area contributed by atoms with Gasteiger partial charge in [0, 0.05) is 68.9 Å². The summed E-state index contributed by atoms with van der Waals surface area (Å²) < 4.78 is 43.4. The van der Waals surface area contributed by atoms with Crippen LogP contribution in [0.4, 0.5) is 30.4 Å². The maximum atomic E-state index is 14.2. The van der Waals surface area contributed by atoms with E-state index >= 15 is 0 Å². The fourth-order valence-corrected chi connectivity index (χ4v) is 7.28. The molecule has 1 N–H and O–H groups in total. The fourth-order valence-electron chi connectivity index (χ4n) is 7.28. The molecular weight excluding hydrogens is 637 g/mol. The van der Waals surface area contributed by atoms with Crippen LogP contribution in [0.25, 0.3) is 0 Å². The lowest BCUT2D eigenvalue weighted by atomic mass is 9.95. The number of halogens is 3. The van der Waals surface area contributed by atoms with Crippen molar-refractivity contribution in [1.29, 1.82) is 0 Å². The van der Waals surface area contributed by atoms with Crippen LogP contribution in [-0.4, -0.2) is 83.5 Å². The first kappa shape index (κ1) is 34.2. The maximum absolute atomic E-state index is 14.2. The lowest BCUT2D eigenvalue weighted by Crippen LogP contribution is -2.52. The van der Waals surface area contributed by atoms with E-state index in [4.69, 9.17) is 4.98 Å². The van der Waals surface area contributed by atoms with Crippen molar-refractivity contribution in [2.45, 2.75) is 64.5 Å². The van der Waals surface area contributed by atoms with Gasteiger partial charge in [-0.2, -0.15) is 13.2 Å². The summed E-state index contributed by atoms with van der Waals surface area (Å²) >= 11 is 0. The minimum absolute atomic E-state index is 0.0287. The van der Waals surface area contributed by atoms with Crippen molar-refractivity contribution in [3.8, 4) is 0 Å². The first-order valence-corrected chi connectivity index (χ1v) is 16.3. The molecule has 3 aromatic rings. The first-order chi connectivity index (χ1) is 23.1. The number of rotatable bonds is 7. The molecule has 49 heavy (non-hydrogen) atoms. The molecule has 1 saturated heterocycles. The summed E-state index contributed by atoms with van der Waals surface area (Å²) in [6, 6.07) is 6.29. The Labute approximate surface area is 283 Å². The van der Waals surface area contributed by atoms with E-state index in [-0.39, 0.29) is 36.4 Å². The Morgan fingerprint density at radius 1 is 1.12 bits per heavy atom. The first-order valence-electron chi connectivity index (χ1n) is 16.3. The van der Waals surface area contributed by atoms with Crippen LogP contribution < -0.4 is 20.0 Å². The lowest BCUT2D eigenvalue weighted by molar-refractivity contribution is -0.137. The number of hydrogen-bond acceptors (Lipinski definition) is 7. The summed E-state index contributed by atoms with van der Waals surface area (Å²) in [7, 11) is 5.40. The van der Waals surface area contributed by atoms with E-state index in [1.54, 1.807) is 7.05 Å². The number of alkyl halides is 3. The van der Waals surface area contributed by atoms with E-state index in [0.29, 0.717) is 37.3 Å². The highest BCUT2D eigenvalue weighted by molar-refractivity contribution is 6.10. The van der Waals surface area contributed by atoms with Crippen LogP contribution in [0.15, 0.2) is 48.7 Å². The lowest BCUT2D eigenvalue weighted by Gasteiger charge is -2.39. The van der Waals surface area contributed by atoms with E-state index in [9.17, 15) is 27.6 Å². The molecule has 0 radical (unpaired) electrons. The molecule has 6 rings (SSSR count). The van der Waals surface area contributed by atoms with Gasteiger partial charge in [-0.15, -0.1) is 0 Å². The molecule has 3 aliphatic rings. The van der Waals surface area contributed by atoms with Gasteiger partial charge < -0.3 is 24.6 Å². The largest absolute Gasteiger partial charge is 0.416 e. The van der Waals surface area contributed by atoms with Crippen LogP contribution >= 0.6 is 0 Å². The van der Waals surface area contributed by atoms with Gasteiger partial charge in [-0.25, -0.2) is 9.97 Å². The van der Waals surface area contributed by atoms with Crippen LogP contribution in [0.1, 0.15) is 41.2 Å². The molecular formula is C35H41F3N8O3. The van der Waals surface area contributed by atoms with E-state index in [0.717, 1.165) is 46.2 Å². The molecule has 11 nitrogen and oxygen atoms in total. The standard InChI is InChI=1S/C35H41F3N8O3/c1-20-8-7-9-27-31(20)45(19-26-18-44-17-25(10-11-28(44)40-26)41-33(48)21(2)15-42(4)5)16-23-13-30(47)46(32(23)34(49)43(27)6)29-14-24(35(36,37)38)12-22(3)39-29/h7-9,12,14,18,23,25,32H,2,10-11,13,15-17,19H2,1,3-6H3,(H,41,48)/t23-,25+,32+/m1/s1. The average Bonchev–Trinajstić information content (AvgIpc) is 3.57. The third-order valence-corrected chi connectivity index (χ3v) is 9.44. The molecule has 5 heterocycles. The molecule has 0 unspecified atom stereocenters. The van der Waals surface area contributed by atoms with Gasteiger partial charge in [-0.1, -0.05) is 18.7 Å². The minimum atomic E-state index is -4.64. The van der Waals surface area contributed by atoms with Crippen LogP contribution in [0, 0.1) is 19.8 Å². The molecule has 0 saturated carbocycles. The number of pyridine rings is 1. The van der Waals surface area contributed by atoms with Gasteiger partial charge in [0.25, 0.3) is 0 Å². The third kappa shape index (κ3) is 6.78. The monoisotopic (exact) mass is 678 g/mol. The zero-order chi connectivity index (χ0) is 35.4. The Morgan fingerprint density at radius 3 is 2.59 bits per heavy atom. The highest BCUT2D eigenvalue weighted by atomic mass is 19.4. The molecule has 3 amide bonds. The van der Waals surface area contributed by atoms with Crippen LogP contribution in [0.5, 0.6) is 0 Å². The quantitative estimate of drug-likeness (QED) is 0.379. The number of nitrogens with one attached hydrogen (secondary N) is 1. The van der Waals surface area contributed by atoms with Gasteiger partial charge in [0.1, 0.15) is 17.7 Å². The summed E-state index contributed by atoms with van der Waals surface area (Å²) in [5.41, 5.74) is 2.83. The number of nitrogens with zero attached hydrogens (tertiary/aromatic N) is 7. The smallest absolute Gasteiger partial charge is 0.363 e. The Hall–Kier alpha value is -4.72. The molecule has 1 fully saturated rings. The number of para-hydroxylation sites is 1. The number of likely N-dealkylation sites (N-methyl/N-ethyl adjacent to an activating group) is 2. The molecule has 14 heteroatoms. The molecule has 260 valence electrons. The van der Waals surface area contributed by atoms with Gasteiger partial charge in [0.15, 0.2) is 0 Å². The van der Waals surface area contributed by atoms with Crippen molar-refractivity contribution in [3.63, 3.8) is 0 Å². The average molecular weight is 679 g/mol. The van der Waals surface area contributed by atoms with Gasteiger partial charge in [0.05, 0.1) is 29.2 Å². The molecule has 3 atom stereocenters. The zero-order valence-corrected chi connectivity index (χ0v) is 28.3. The number of anilines is 3. The Morgan fingerprint density at radius 2 is 1.88 bits per heavy atom. The number of hydrogen-bond donors (Lipinski definition) is 1. The van der Waals surface area contributed by atoms with E-state index < -0.39 is 35.5 Å². The number of amides is 3. The third-order valence-electron chi connectivity index (χ3n) is 9.44. The van der Waals surface area contributed by atoms with Crippen LogP contribution in [-0.2, 0) is 40.1 Å². The van der Waals surface area contributed by atoms with Gasteiger partial charge in [0.2, 0.25) is 17.7 Å². The Bertz CT molecular complexity index is 1820. The summed E-state index contributed by atoms with van der Waals surface area (Å²) in [5.74, 6) is -0.819. The maximum Gasteiger partial charge on any atom is 0.416 e. The van der Waals surface area contributed by atoms with Crippen molar-refractivity contribution < 1.29 is 27.6 Å². The SMILES string of the molecule is C=C(CN(C)C)C(=O)N[C@H]1CCc2nc(CN3C[C@H]4CC(=O)N(c5cc(C(F)(F)F)cc(C)n5)[C@@H]4C(=O)N(C)c4cccc(C)c43)cn2C1. The molecule has 0 spiro atoms. The van der Waals surface area contributed by atoms with Crippen LogP contribution in [0.2, 0.25) is 0 Å². The van der Waals surface area contributed by atoms with Crippen molar-refractivity contribution >= 4 is 34.9 Å². The van der Waals surface area contributed by atoms with Gasteiger partial charge in [-0.05, 0) is 58.1 Å². The molecule has 1 aromatic carbocycles. The van der Waals surface area contributed by atoms with Crippen molar-refractivity contribution in [3.05, 3.63) is 77.0 Å². The number of carbonyl (C=O) groups excluding carboxylic acids is 3. The van der Waals surface area contributed by atoms with Crippen molar-refractivity contribution in [1.82, 2.24) is 24.8 Å². The highest BCUT2D eigenvalue weighted by Gasteiger charge is 2.49. The molecule has 3 aliphatic heterocycles. The van der Waals surface area contributed by atoms with Crippen LogP contribution in [0.3, 0.4) is 0 Å². The summed E-state index contributed by atoms with van der Waals surface area (Å²) in [6.07, 6.45) is -1.28. The number of benzene rings is 1. The molecule has 0 aliphatic carbocycles. The number of imidazole rings is 1. The van der Waals surface area contributed by atoms with Gasteiger partial charge >= 0.3 is 6.18 Å². The summed E-state index contributed by atoms with van der Waals surface area (Å²) in [4.78, 5) is 56.3. The number of aryl methyl sites for hydroxylation is 3. The second-order valence-electron chi connectivity index (χ2n) is 13.6. The topological polar surface area (TPSA) is 107 Å². The number of carbonyl (C=O) groups is 3. The molecule has 2 aromatic heterocycles. The Balaban J connectivity index is 1.30. The molecule has 0 bridgehead atoms. The minimum Gasteiger partial charge on any atom is -0.363 e. The Kier molecular flexibility index (Phi) is 9.03.